The van der Waals surface area contributed by atoms with E-state index in [2.05, 4.69) is 66.0 Å². The molecule has 5 heterocycles. The Morgan fingerprint density at radius 2 is 1.88 bits per heavy atom. The van der Waals surface area contributed by atoms with Gasteiger partial charge in [0.2, 0.25) is 5.89 Å². The van der Waals surface area contributed by atoms with Crippen molar-refractivity contribution in [3.8, 4) is 0 Å². The Bertz CT molecular complexity index is 1190. The summed E-state index contributed by atoms with van der Waals surface area (Å²) in [4.78, 5) is 9.29. The molecular weight excluding hydrogens is 424 g/mol. The molecule has 7 nitrogen and oxygen atoms in total. The lowest BCUT2D eigenvalue weighted by Crippen LogP contribution is -2.35. The van der Waals surface area contributed by atoms with Gasteiger partial charge in [-0.1, -0.05) is 23.7 Å². The minimum Gasteiger partial charge on any atom is -0.443 e. The van der Waals surface area contributed by atoms with Gasteiger partial charge in [0.25, 0.3) is 0 Å². The van der Waals surface area contributed by atoms with Crippen molar-refractivity contribution in [3.63, 3.8) is 0 Å². The largest absolute Gasteiger partial charge is 0.443 e. The number of likely N-dealkylation sites (tertiary alicyclic amines) is 1. The average Bonchev–Trinajstić information content (AvgIpc) is 3.55. The molecule has 2 unspecified atom stereocenters. The molecule has 32 heavy (non-hydrogen) atoms. The van der Waals surface area contributed by atoms with Gasteiger partial charge in [-0.15, -0.1) is 10.2 Å². The zero-order valence-electron chi connectivity index (χ0n) is 18.0. The van der Waals surface area contributed by atoms with E-state index >= 15 is 0 Å². The highest BCUT2D eigenvalue weighted by molar-refractivity contribution is 6.30. The molecule has 0 aliphatic carbocycles. The number of hydrogen-bond acceptors (Lipinski definition) is 6. The summed E-state index contributed by atoms with van der Waals surface area (Å²) in [6, 6.07) is 6.66. The molecule has 0 spiro atoms. The summed E-state index contributed by atoms with van der Waals surface area (Å²) in [5.41, 5.74) is 3.43. The van der Waals surface area contributed by atoms with Crippen molar-refractivity contribution in [1.82, 2.24) is 29.5 Å². The van der Waals surface area contributed by atoms with Gasteiger partial charge in [-0.05, 0) is 68.3 Å². The fourth-order valence-electron chi connectivity index (χ4n) is 5.23. The number of fused-ring (bicyclic) bond motifs is 3. The van der Waals surface area contributed by atoms with E-state index in [4.69, 9.17) is 16.0 Å². The van der Waals surface area contributed by atoms with Crippen LogP contribution in [-0.2, 0) is 13.1 Å². The summed E-state index contributed by atoms with van der Waals surface area (Å²) in [6.07, 6.45) is 12.4. The van der Waals surface area contributed by atoms with E-state index in [1.165, 1.54) is 37.1 Å². The normalized spacial score (nSPS) is 22.3. The zero-order chi connectivity index (χ0) is 21.7. The van der Waals surface area contributed by atoms with E-state index in [1.807, 2.05) is 6.92 Å². The van der Waals surface area contributed by atoms with Crippen LogP contribution in [0.2, 0.25) is 5.02 Å². The summed E-state index contributed by atoms with van der Waals surface area (Å²) in [6.45, 7) is 5.99. The van der Waals surface area contributed by atoms with Crippen LogP contribution in [0.3, 0.4) is 0 Å². The second kappa shape index (κ2) is 7.90. The van der Waals surface area contributed by atoms with Crippen molar-refractivity contribution in [2.75, 3.05) is 13.1 Å². The number of benzene rings is 1. The van der Waals surface area contributed by atoms with Crippen molar-refractivity contribution in [2.45, 2.75) is 44.9 Å². The molecule has 1 saturated heterocycles. The van der Waals surface area contributed by atoms with Crippen LogP contribution in [-0.4, -0.2) is 48.7 Å². The fourth-order valence-corrected chi connectivity index (χ4v) is 5.51. The predicted octanol–water partition coefficient (Wildman–Crippen LogP) is 4.32. The second-order valence-electron chi connectivity index (χ2n) is 8.78. The molecule has 0 N–H and O–H groups in total. The molecule has 1 fully saturated rings. The van der Waals surface area contributed by atoms with Gasteiger partial charge in [-0.2, -0.15) is 0 Å². The van der Waals surface area contributed by atoms with Crippen molar-refractivity contribution in [3.05, 3.63) is 76.5 Å². The van der Waals surface area contributed by atoms with Gasteiger partial charge in [-0.3, -0.25) is 4.90 Å². The fraction of sp³-hybridized carbons (Fsp3) is 0.375. The first kappa shape index (κ1) is 19.8. The van der Waals surface area contributed by atoms with Crippen molar-refractivity contribution < 1.29 is 4.42 Å². The molecule has 8 heteroatoms. The summed E-state index contributed by atoms with van der Waals surface area (Å²) in [7, 11) is 0. The van der Waals surface area contributed by atoms with Gasteiger partial charge in [0.1, 0.15) is 12.1 Å². The van der Waals surface area contributed by atoms with Crippen LogP contribution in [0.25, 0.3) is 11.8 Å². The highest BCUT2D eigenvalue weighted by atomic mass is 35.5. The standard InChI is InChI=1S/C24H25ClN6O/c1-16-27-28-23-5-4-20-21(31(16)23)13-22(24-26-6-9-32-24)30(20)15-18-10-17(11-19(25)12-18)14-29-7-2-3-8-29/h4-6,9-13,20-21H,2-3,7-8,14-15H2,1H3. The van der Waals surface area contributed by atoms with Gasteiger partial charge in [0.05, 0.1) is 24.0 Å². The Morgan fingerprint density at radius 1 is 1.06 bits per heavy atom. The number of aryl methyl sites for hydroxylation is 1. The van der Waals surface area contributed by atoms with Crippen LogP contribution in [0.15, 0.2) is 47.2 Å². The minimum absolute atomic E-state index is 0.0927. The first-order valence-electron chi connectivity index (χ1n) is 11.1. The third-order valence-electron chi connectivity index (χ3n) is 6.61. The Balaban J connectivity index is 1.34. The molecule has 0 radical (unpaired) electrons. The lowest BCUT2D eigenvalue weighted by molar-refractivity contribution is 0.293. The molecule has 1 aromatic carbocycles. The summed E-state index contributed by atoms with van der Waals surface area (Å²) in [5.74, 6) is 2.41. The Morgan fingerprint density at radius 3 is 2.66 bits per heavy atom. The van der Waals surface area contributed by atoms with Crippen molar-refractivity contribution in [2.24, 2.45) is 0 Å². The number of nitrogens with zero attached hydrogens (tertiary/aromatic N) is 6. The van der Waals surface area contributed by atoms with Crippen molar-refractivity contribution in [1.29, 1.82) is 0 Å². The Kier molecular flexibility index (Phi) is 4.88. The van der Waals surface area contributed by atoms with Crippen LogP contribution in [0.1, 0.15) is 47.5 Å². The average molecular weight is 449 g/mol. The maximum Gasteiger partial charge on any atom is 0.242 e. The molecule has 3 aliphatic heterocycles. The molecule has 6 rings (SSSR count). The van der Waals surface area contributed by atoms with Gasteiger partial charge in [-0.25, -0.2) is 4.98 Å². The van der Waals surface area contributed by atoms with Crippen LogP contribution in [0.4, 0.5) is 0 Å². The van der Waals surface area contributed by atoms with Crippen molar-refractivity contribution >= 4 is 23.4 Å². The molecule has 164 valence electrons. The summed E-state index contributed by atoms with van der Waals surface area (Å²) >= 11 is 6.55. The number of aromatic nitrogens is 4. The van der Waals surface area contributed by atoms with E-state index in [-0.39, 0.29) is 12.1 Å². The first-order chi connectivity index (χ1) is 15.7. The van der Waals surface area contributed by atoms with E-state index in [0.29, 0.717) is 12.4 Å². The van der Waals surface area contributed by atoms with Crippen LogP contribution < -0.4 is 0 Å². The molecule has 2 aromatic heterocycles. The minimum atomic E-state index is 0.0927. The van der Waals surface area contributed by atoms with Crippen LogP contribution in [0, 0.1) is 6.92 Å². The zero-order valence-corrected chi connectivity index (χ0v) is 18.7. The summed E-state index contributed by atoms with van der Waals surface area (Å²) in [5, 5.41) is 9.37. The molecule has 0 bridgehead atoms. The second-order valence-corrected chi connectivity index (χ2v) is 9.22. The third kappa shape index (κ3) is 3.45. The lowest BCUT2D eigenvalue weighted by atomic mass is 10.0. The topological polar surface area (TPSA) is 63.2 Å². The third-order valence-corrected chi connectivity index (χ3v) is 6.83. The molecule has 0 saturated carbocycles. The SMILES string of the molecule is Cc1nnc2n1C1C=C(c3ncco3)N(Cc3cc(Cl)cc(CN4CCCC4)c3)C1C=C2. The van der Waals surface area contributed by atoms with Gasteiger partial charge >= 0.3 is 0 Å². The van der Waals surface area contributed by atoms with E-state index < -0.39 is 0 Å². The first-order valence-corrected chi connectivity index (χ1v) is 11.5. The van der Waals surface area contributed by atoms with E-state index in [9.17, 15) is 0 Å². The quantitative estimate of drug-likeness (QED) is 0.579. The molecule has 3 aromatic rings. The van der Waals surface area contributed by atoms with Gasteiger partial charge in [0, 0.05) is 18.1 Å². The van der Waals surface area contributed by atoms with Crippen LogP contribution in [0.5, 0.6) is 0 Å². The van der Waals surface area contributed by atoms with Gasteiger partial charge in [0.15, 0.2) is 5.82 Å². The van der Waals surface area contributed by atoms with Crippen LogP contribution >= 0.6 is 11.6 Å². The molecule has 3 aliphatic rings. The maximum absolute atomic E-state index is 6.55. The Hall–Kier alpha value is -2.90. The summed E-state index contributed by atoms with van der Waals surface area (Å²) < 4.78 is 7.89. The lowest BCUT2D eigenvalue weighted by Gasteiger charge is -2.32. The Labute approximate surface area is 192 Å². The van der Waals surface area contributed by atoms with E-state index in [1.54, 1.807) is 12.5 Å². The number of oxazole rings is 1. The van der Waals surface area contributed by atoms with Gasteiger partial charge < -0.3 is 13.9 Å². The van der Waals surface area contributed by atoms with E-state index in [0.717, 1.165) is 28.9 Å². The highest BCUT2D eigenvalue weighted by Gasteiger charge is 2.39. The number of rotatable bonds is 5. The maximum atomic E-state index is 6.55. The highest BCUT2D eigenvalue weighted by Crippen LogP contribution is 2.41. The smallest absolute Gasteiger partial charge is 0.242 e. The monoisotopic (exact) mass is 448 g/mol. The predicted molar refractivity (Wildman–Crippen MR) is 123 cm³/mol. The number of halogens is 1. The molecule has 2 atom stereocenters. The molecular formula is C24H25ClN6O. The number of hydrogen-bond donors (Lipinski definition) is 0. The molecule has 0 amide bonds.